The van der Waals surface area contributed by atoms with E-state index in [1.807, 2.05) is 11.0 Å². The Bertz CT molecular complexity index is 690. The Kier molecular flexibility index (Phi) is 4.19. The Morgan fingerprint density at radius 2 is 1.82 bits per heavy atom. The predicted molar refractivity (Wildman–Crippen MR) is 83.5 cm³/mol. The van der Waals surface area contributed by atoms with Gasteiger partial charge in [0, 0.05) is 18.7 Å². The molecule has 4 nitrogen and oxygen atoms in total. The number of benzene rings is 2. The summed E-state index contributed by atoms with van der Waals surface area (Å²) >= 11 is 0. The number of hydrogen-bond acceptors (Lipinski definition) is 3. The second kappa shape index (κ2) is 6.43. The van der Waals surface area contributed by atoms with Crippen molar-refractivity contribution in [1.82, 2.24) is 4.90 Å². The summed E-state index contributed by atoms with van der Waals surface area (Å²) < 4.78 is 5.75. The van der Waals surface area contributed by atoms with Crippen LogP contribution < -0.4 is 4.74 Å². The maximum absolute atomic E-state index is 12.4. The monoisotopic (exact) mass is 295 g/mol. The molecule has 22 heavy (non-hydrogen) atoms. The summed E-state index contributed by atoms with van der Waals surface area (Å²) in [5, 5.41) is 0. The van der Waals surface area contributed by atoms with Gasteiger partial charge < -0.3 is 9.64 Å². The van der Waals surface area contributed by atoms with E-state index in [-0.39, 0.29) is 5.91 Å². The third-order valence-electron chi connectivity index (χ3n) is 3.75. The highest BCUT2D eigenvalue weighted by atomic mass is 16.5. The summed E-state index contributed by atoms with van der Waals surface area (Å²) in [4.78, 5) is 25.3. The molecule has 1 aliphatic rings. The first kappa shape index (κ1) is 14.3. The lowest BCUT2D eigenvalue weighted by Gasteiger charge is -2.16. The van der Waals surface area contributed by atoms with Crippen LogP contribution in [-0.2, 0) is 0 Å². The van der Waals surface area contributed by atoms with E-state index in [4.69, 9.17) is 4.74 Å². The Balaban J connectivity index is 1.82. The molecule has 0 N–H and O–H groups in total. The number of aldehydes is 1. The smallest absolute Gasteiger partial charge is 0.253 e. The molecule has 1 heterocycles. The lowest BCUT2D eigenvalue weighted by Crippen LogP contribution is -2.27. The van der Waals surface area contributed by atoms with E-state index in [1.165, 1.54) is 0 Å². The molecule has 1 saturated heterocycles. The maximum atomic E-state index is 12.4. The molecule has 112 valence electrons. The average Bonchev–Trinajstić information content (AvgIpc) is 3.09. The molecule has 0 radical (unpaired) electrons. The molecule has 2 aromatic rings. The Hall–Kier alpha value is -2.62. The third-order valence-corrected chi connectivity index (χ3v) is 3.75. The average molecular weight is 295 g/mol. The highest BCUT2D eigenvalue weighted by Crippen LogP contribution is 2.25. The van der Waals surface area contributed by atoms with E-state index in [0.717, 1.165) is 32.2 Å². The molecule has 0 atom stereocenters. The summed E-state index contributed by atoms with van der Waals surface area (Å²) in [6.45, 7) is 1.63. The van der Waals surface area contributed by atoms with Crippen LogP contribution in [0.15, 0.2) is 48.5 Å². The second-order valence-electron chi connectivity index (χ2n) is 5.28. The summed E-state index contributed by atoms with van der Waals surface area (Å²) in [7, 11) is 0. The lowest BCUT2D eigenvalue weighted by atomic mass is 10.2. The van der Waals surface area contributed by atoms with Crippen LogP contribution in [0.5, 0.6) is 11.5 Å². The Morgan fingerprint density at radius 1 is 1.05 bits per heavy atom. The molecular formula is C18H17NO3. The largest absolute Gasteiger partial charge is 0.457 e. The van der Waals surface area contributed by atoms with Crippen LogP contribution in [0.25, 0.3) is 0 Å². The number of hydrogen-bond donors (Lipinski definition) is 0. The second-order valence-corrected chi connectivity index (χ2v) is 5.28. The summed E-state index contributed by atoms with van der Waals surface area (Å²) in [5.74, 6) is 1.08. The van der Waals surface area contributed by atoms with Gasteiger partial charge in [-0.15, -0.1) is 0 Å². The predicted octanol–water partition coefficient (Wildman–Crippen LogP) is 3.53. The van der Waals surface area contributed by atoms with Crippen LogP contribution in [0.3, 0.4) is 0 Å². The van der Waals surface area contributed by atoms with Gasteiger partial charge in [0.1, 0.15) is 11.5 Å². The number of carbonyl (C=O) groups is 2. The van der Waals surface area contributed by atoms with Crippen LogP contribution in [0, 0.1) is 0 Å². The van der Waals surface area contributed by atoms with Crippen molar-refractivity contribution >= 4 is 12.2 Å². The van der Waals surface area contributed by atoms with Gasteiger partial charge in [-0.1, -0.05) is 18.2 Å². The zero-order valence-corrected chi connectivity index (χ0v) is 12.2. The molecule has 1 aliphatic heterocycles. The minimum absolute atomic E-state index is 0.0339. The molecule has 0 unspecified atom stereocenters. The summed E-state index contributed by atoms with van der Waals surface area (Å²) in [5.41, 5.74) is 1.10. The topological polar surface area (TPSA) is 46.6 Å². The molecule has 0 aromatic heterocycles. The van der Waals surface area contributed by atoms with Crippen molar-refractivity contribution in [3.05, 3.63) is 59.7 Å². The molecular weight excluding hydrogens is 278 g/mol. The number of amides is 1. The number of nitrogens with zero attached hydrogens (tertiary/aromatic N) is 1. The van der Waals surface area contributed by atoms with Crippen molar-refractivity contribution in [1.29, 1.82) is 0 Å². The highest BCUT2D eigenvalue weighted by Gasteiger charge is 2.19. The number of rotatable bonds is 4. The van der Waals surface area contributed by atoms with Crippen LogP contribution in [0.2, 0.25) is 0 Å². The van der Waals surface area contributed by atoms with Gasteiger partial charge >= 0.3 is 0 Å². The van der Waals surface area contributed by atoms with Crippen molar-refractivity contribution in [3.8, 4) is 11.5 Å². The zero-order valence-electron chi connectivity index (χ0n) is 12.2. The van der Waals surface area contributed by atoms with E-state index in [9.17, 15) is 9.59 Å². The van der Waals surface area contributed by atoms with Crippen molar-refractivity contribution in [2.45, 2.75) is 12.8 Å². The van der Waals surface area contributed by atoms with E-state index in [1.54, 1.807) is 42.5 Å². The van der Waals surface area contributed by atoms with Gasteiger partial charge in [0.25, 0.3) is 5.91 Å². The fraction of sp³-hybridized carbons (Fsp3) is 0.222. The Morgan fingerprint density at radius 3 is 2.59 bits per heavy atom. The number of para-hydroxylation sites is 1. The molecule has 1 fully saturated rings. The van der Waals surface area contributed by atoms with Gasteiger partial charge in [0.15, 0.2) is 6.29 Å². The van der Waals surface area contributed by atoms with Crippen molar-refractivity contribution in [3.63, 3.8) is 0 Å². The van der Waals surface area contributed by atoms with Crippen LogP contribution >= 0.6 is 0 Å². The zero-order chi connectivity index (χ0) is 15.4. The van der Waals surface area contributed by atoms with Crippen LogP contribution in [0.4, 0.5) is 0 Å². The first-order valence-corrected chi connectivity index (χ1v) is 7.39. The lowest BCUT2D eigenvalue weighted by molar-refractivity contribution is 0.0792. The van der Waals surface area contributed by atoms with E-state index in [2.05, 4.69) is 0 Å². The molecule has 0 spiro atoms. The number of likely N-dealkylation sites (tertiary alicyclic amines) is 1. The van der Waals surface area contributed by atoms with Crippen molar-refractivity contribution in [2.24, 2.45) is 0 Å². The van der Waals surface area contributed by atoms with Crippen molar-refractivity contribution in [2.75, 3.05) is 13.1 Å². The van der Waals surface area contributed by atoms with E-state index in [0.29, 0.717) is 22.6 Å². The molecule has 1 amide bonds. The van der Waals surface area contributed by atoms with E-state index >= 15 is 0 Å². The van der Waals surface area contributed by atoms with Crippen LogP contribution in [-0.4, -0.2) is 30.2 Å². The van der Waals surface area contributed by atoms with Gasteiger partial charge in [-0.25, -0.2) is 0 Å². The molecule has 4 heteroatoms. The quantitative estimate of drug-likeness (QED) is 0.811. The minimum Gasteiger partial charge on any atom is -0.457 e. The normalized spacial score (nSPS) is 13.9. The first-order valence-electron chi connectivity index (χ1n) is 7.39. The standard InChI is InChI=1S/C18H17NO3/c20-13-15-6-1-2-9-17(15)22-16-8-5-7-14(12-16)18(21)19-10-3-4-11-19/h1-2,5-9,12-13H,3-4,10-11H2. The summed E-state index contributed by atoms with van der Waals surface area (Å²) in [6.07, 6.45) is 2.89. The van der Waals surface area contributed by atoms with E-state index < -0.39 is 0 Å². The SMILES string of the molecule is O=Cc1ccccc1Oc1cccc(C(=O)N2CCCC2)c1. The van der Waals surface area contributed by atoms with Crippen molar-refractivity contribution < 1.29 is 14.3 Å². The van der Waals surface area contributed by atoms with Gasteiger partial charge in [-0.2, -0.15) is 0 Å². The van der Waals surface area contributed by atoms with Gasteiger partial charge in [-0.05, 0) is 43.2 Å². The third kappa shape index (κ3) is 3.01. The minimum atomic E-state index is 0.0339. The molecule has 0 bridgehead atoms. The van der Waals surface area contributed by atoms with Crippen LogP contribution in [0.1, 0.15) is 33.6 Å². The van der Waals surface area contributed by atoms with Gasteiger partial charge in [-0.3, -0.25) is 9.59 Å². The van der Waals surface area contributed by atoms with Gasteiger partial charge in [0.05, 0.1) is 5.56 Å². The first-order chi connectivity index (χ1) is 10.8. The molecule has 3 rings (SSSR count). The maximum Gasteiger partial charge on any atom is 0.253 e. The molecule has 0 aliphatic carbocycles. The molecule has 0 saturated carbocycles. The number of carbonyl (C=O) groups excluding carboxylic acids is 2. The Labute approximate surface area is 129 Å². The fourth-order valence-electron chi connectivity index (χ4n) is 2.59. The fourth-order valence-corrected chi connectivity index (χ4v) is 2.59. The molecule has 2 aromatic carbocycles. The summed E-state index contributed by atoms with van der Waals surface area (Å²) in [6, 6.07) is 14.1. The highest BCUT2D eigenvalue weighted by molar-refractivity contribution is 5.94. The van der Waals surface area contributed by atoms with Gasteiger partial charge in [0.2, 0.25) is 0 Å². The number of ether oxygens (including phenoxy) is 1.